The van der Waals surface area contributed by atoms with Crippen LogP contribution in [0.2, 0.25) is 0 Å². The molecule has 1 aliphatic rings. The highest BCUT2D eigenvalue weighted by Gasteiger charge is 2.44. The Balaban J connectivity index is 2.04. The van der Waals surface area contributed by atoms with Gasteiger partial charge in [-0.1, -0.05) is 0 Å². The summed E-state index contributed by atoms with van der Waals surface area (Å²) in [7, 11) is 1.62. The highest BCUT2D eigenvalue weighted by molar-refractivity contribution is 5.82. The second-order valence-corrected chi connectivity index (χ2v) is 4.86. The van der Waals surface area contributed by atoms with Gasteiger partial charge < -0.3 is 20.1 Å². The van der Waals surface area contributed by atoms with Crippen LogP contribution in [-0.4, -0.2) is 66.8 Å². The minimum atomic E-state index is -1.20. The van der Waals surface area contributed by atoms with Crippen molar-refractivity contribution in [3.8, 4) is 0 Å². The molecular weight excluding hydrogens is 280 g/mol. The second-order valence-electron chi connectivity index (χ2n) is 4.86. The predicted octanol–water partition coefficient (Wildman–Crippen LogP) is -2.25. The molecule has 21 heavy (non-hydrogen) atoms. The first kappa shape index (κ1) is 14.1. The molecule has 3 heterocycles. The summed E-state index contributed by atoms with van der Waals surface area (Å²) in [6.45, 7) is -0.396. The Hall–Kier alpha value is -1.85. The third-order valence-electron chi connectivity index (χ3n) is 3.46. The maximum atomic E-state index is 10.1. The fraction of sp³-hybridized carbons (Fsp3) is 0.545. The molecule has 10 nitrogen and oxygen atoms in total. The number of rotatable bonds is 3. The smallest absolute Gasteiger partial charge is 0.174 e. The highest BCUT2D eigenvalue weighted by Crippen LogP contribution is 2.32. The maximum absolute atomic E-state index is 10.1. The summed E-state index contributed by atoms with van der Waals surface area (Å²) in [5, 5.41) is 30.3. The third kappa shape index (κ3) is 2.13. The number of aliphatic hydroxyl groups is 3. The van der Waals surface area contributed by atoms with E-state index in [0.29, 0.717) is 17.0 Å². The van der Waals surface area contributed by atoms with Crippen LogP contribution in [-0.2, 0) is 4.74 Å². The zero-order valence-electron chi connectivity index (χ0n) is 11.2. The van der Waals surface area contributed by atoms with E-state index in [-0.39, 0.29) is 0 Å². The molecule has 1 saturated heterocycles. The van der Waals surface area contributed by atoms with Crippen molar-refractivity contribution in [3.05, 3.63) is 12.7 Å². The SMILES string of the molecule is CN(N)c1ncnc2c1ncn2[C@H]1O[C@@H](CO)[C@@H](O)[C@H]1O. The molecule has 0 bridgehead atoms. The number of nitrogens with two attached hydrogens (primary N) is 1. The van der Waals surface area contributed by atoms with Crippen LogP contribution in [0.25, 0.3) is 11.2 Å². The van der Waals surface area contributed by atoms with Crippen molar-refractivity contribution in [2.45, 2.75) is 24.5 Å². The lowest BCUT2D eigenvalue weighted by molar-refractivity contribution is -0.0511. The predicted molar refractivity (Wildman–Crippen MR) is 70.9 cm³/mol. The number of fused-ring (bicyclic) bond motifs is 1. The van der Waals surface area contributed by atoms with Gasteiger partial charge in [0.1, 0.15) is 24.6 Å². The monoisotopic (exact) mass is 296 g/mol. The first-order chi connectivity index (χ1) is 10.0. The summed E-state index contributed by atoms with van der Waals surface area (Å²) in [6.07, 6.45) is -1.40. The van der Waals surface area contributed by atoms with Crippen LogP contribution >= 0.6 is 0 Å². The van der Waals surface area contributed by atoms with Gasteiger partial charge in [-0.2, -0.15) is 0 Å². The molecule has 2 aromatic rings. The van der Waals surface area contributed by atoms with Gasteiger partial charge in [-0.25, -0.2) is 20.8 Å². The highest BCUT2D eigenvalue weighted by atomic mass is 16.6. The zero-order chi connectivity index (χ0) is 15.1. The molecule has 0 aromatic carbocycles. The van der Waals surface area contributed by atoms with E-state index in [4.69, 9.17) is 15.7 Å². The van der Waals surface area contributed by atoms with Gasteiger partial charge in [0.2, 0.25) is 0 Å². The molecule has 3 rings (SSSR count). The zero-order valence-corrected chi connectivity index (χ0v) is 11.2. The number of imidazole rings is 1. The first-order valence-corrected chi connectivity index (χ1v) is 6.33. The number of aliphatic hydroxyl groups excluding tert-OH is 3. The molecule has 4 atom stereocenters. The van der Waals surface area contributed by atoms with Crippen LogP contribution in [0.3, 0.4) is 0 Å². The minimum absolute atomic E-state index is 0.396. The lowest BCUT2D eigenvalue weighted by Crippen LogP contribution is -2.33. The Morgan fingerprint density at radius 1 is 1.33 bits per heavy atom. The third-order valence-corrected chi connectivity index (χ3v) is 3.46. The quantitative estimate of drug-likeness (QED) is 0.364. The Bertz CT molecular complexity index is 647. The minimum Gasteiger partial charge on any atom is -0.394 e. The van der Waals surface area contributed by atoms with Crippen molar-refractivity contribution < 1.29 is 20.1 Å². The van der Waals surface area contributed by atoms with Crippen LogP contribution in [0.15, 0.2) is 12.7 Å². The van der Waals surface area contributed by atoms with Crippen molar-refractivity contribution in [1.29, 1.82) is 0 Å². The Labute approximate surface area is 119 Å². The van der Waals surface area contributed by atoms with Crippen molar-refractivity contribution in [2.75, 3.05) is 18.7 Å². The van der Waals surface area contributed by atoms with E-state index in [0.717, 1.165) is 0 Å². The lowest BCUT2D eigenvalue weighted by atomic mass is 10.1. The van der Waals surface area contributed by atoms with Crippen molar-refractivity contribution in [2.24, 2.45) is 5.84 Å². The van der Waals surface area contributed by atoms with Crippen LogP contribution in [0, 0.1) is 0 Å². The van der Waals surface area contributed by atoms with E-state index in [1.807, 2.05) is 0 Å². The van der Waals surface area contributed by atoms with Crippen molar-refractivity contribution in [3.63, 3.8) is 0 Å². The number of hydrogen-bond donors (Lipinski definition) is 4. The van der Waals surface area contributed by atoms with Crippen LogP contribution in [0.4, 0.5) is 5.82 Å². The summed E-state index contributed by atoms with van der Waals surface area (Å²) < 4.78 is 6.94. The number of nitrogens with zero attached hydrogens (tertiary/aromatic N) is 5. The summed E-state index contributed by atoms with van der Waals surface area (Å²) in [4.78, 5) is 12.3. The number of aromatic nitrogens is 4. The number of hydrazine groups is 1. The van der Waals surface area contributed by atoms with E-state index >= 15 is 0 Å². The van der Waals surface area contributed by atoms with Gasteiger partial charge in [0, 0.05) is 7.05 Å². The normalized spacial score (nSPS) is 29.2. The standard InChI is InChI=1S/C11H16N6O4/c1-16(12)9-6-10(14-3-13-9)17(4-15-6)11-8(20)7(19)5(2-18)21-11/h3-5,7-8,11,18-20H,2,12H2,1H3/t5-,7+,8+,11-/m0/s1. The van der Waals surface area contributed by atoms with Crippen LogP contribution in [0.5, 0.6) is 0 Å². The van der Waals surface area contributed by atoms with Crippen LogP contribution < -0.4 is 10.9 Å². The molecule has 0 aliphatic carbocycles. The molecule has 0 saturated carbocycles. The molecule has 10 heteroatoms. The summed E-state index contributed by atoms with van der Waals surface area (Å²) in [5.74, 6) is 6.10. The Morgan fingerprint density at radius 2 is 2.10 bits per heavy atom. The average molecular weight is 296 g/mol. The molecule has 1 aliphatic heterocycles. The van der Waals surface area contributed by atoms with Crippen LogP contribution in [0.1, 0.15) is 6.23 Å². The van der Waals surface area contributed by atoms with Gasteiger partial charge >= 0.3 is 0 Å². The van der Waals surface area contributed by atoms with Gasteiger partial charge in [0.15, 0.2) is 23.2 Å². The number of ether oxygens (including phenoxy) is 1. The van der Waals surface area contributed by atoms with Gasteiger partial charge in [-0.3, -0.25) is 9.58 Å². The number of hydrogen-bond acceptors (Lipinski definition) is 9. The molecule has 0 amide bonds. The molecular formula is C11H16N6O4. The molecule has 0 unspecified atom stereocenters. The number of anilines is 1. The largest absolute Gasteiger partial charge is 0.394 e. The van der Waals surface area contributed by atoms with E-state index in [1.54, 1.807) is 7.05 Å². The molecule has 0 radical (unpaired) electrons. The molecule has 5 N–H and O–H groups in total. The fourth-order valence-electron chi connectivity index (χ4n) is 2.39. The Kier molecular flexibility index (Phi) is 3.47. The van der Waals surface area contributed by atoms with E-state index < -0.39 is 31.1 Å². The lowest BCUT2D eigenvalue weighted by Gasteiger charge is -2.17. The molecule has 1 fully saturated rings. The Morgan fingerprint density at radius 3 is 2.71 bits per heavy atom. The maximum Gasteiger partial charge on any atom is 0.174 e. The summed E-state index contributed by atoms with van der Waals surface area (Å²) >= 11 is 0. The molecule has 114 valence electrons. The van der Waals surface area contributed by atoms with E-state index in [9.17, 15) is 10.2 Å². The van der Waals surface area contributed by atoms with Gasteiger partial charge in [-0.05, 0) is 0 Å². The van der Waals surface area contributed by atoms with Crippen molar-refractivity contribution >= 4 is 17.0 Å². The van der Waals surface area contributed by atoms with Crippen molar-refractivity contribution in [1.82, 2.24) is 19.5 Å². The second kappa shape index (κ2) is 5.16. The topological polar surface area (TPSA) is 143 Å². The van der Waals surface area contributed by atoms with E-state index in [2.05, 4.69) is 15.0 Å². The summed E-state index contributed by atoms with van der Waals surface area (Å²) in [5.41, 5.74) is 0.854. The first-order valence-electron chi connectivity index (χ1n) is 6.33. The fourth-order valence-corrected chi connectivity index (χ4v) is 2.39. The van der Waals surface area contributed by atoms with Gasteiger partial charge in [0.25, 0.3) is 0 Å². The average Bonchev–Trinajstić information content (AvgIpc) is 3.01. The van der Waals surface area contributed by atoms with E-state index in [1.165, 1.54) is 22.2 Å². The molecule has 2 aromatic heterocycles. The van der Waals surface area contributed by atoms with Gasteiger partial charge in [0.05, 0.1) is 12.9 Å². The van der Waals surface area contributed by atoms with Gasteiger partial charge in [-0.15, -0.1) is 0 Å². The summed E-state index contributed by atoms with van der Waals surface area (Å²) in [6, 6.07) is 0. The molecule has 0 spiro atoms.